The maximum atomic E-state index is 10.9. The second-order valence-electron chi connectivity index (χ2n) is 5.85. The predicted molar refractivity (Wildman–Crippen MR) is 103 cm³/mol. The molecular formula is C20H20N4O2. The van der Waals surface area contributed by atoms with Gasteiger partial charge in [-0.3, -0.25) is 0 Å². The van der Waals surface area contributed by atoms with E-state index in [2.05, 4.69) is 52.2 Å². The first-order valence-corrected chi connectivity index (χ1v) is 8.33. The van der Waals surface area contributed by atoms with Crippen molar-refractivity contribution in [1.82, 2.24) is 9.97 Å². The van der Waals surface area contributed by atoms with Crippen molar-refractivity contribution in [3.63, 3.8) is 0 Å². The molecule has 6 heteroatoms. The SMILES string of the molecule is CCN(c1cccc(C)c1)c1cc(Nc2ccc(C(=O)O)cc2)ncn1. The zero-order chi connectivity index (χ0) is 18.5. The van der Waals surface area contributed by atoms with Crippen LogP contribution in [0, 0.1) is 6.92 Å². The van der Waals surface area contributed by atoms with Gasteiger partial charge in [0.15, 0.2) is 0 Å². The minimum Gasteiger partial charge on any atom is -0.478 e. The third-order valence-electron chi connectivity index (χ3n) is 3.96. The Hall–Kier alpha value is -3.41. The summed E-state index contributed by atoms with van der Waals surface area (Å²) in [6.07, 6.45) is 1.52. The van der Waals surface area contributed by atoms with Gasteiger partial charge in [-0.15, -0.1) is 0 Å². The molecule has 1 heterocycles. The standard InChI is InChI=1S/C20H20N4O2/c1-3-24(17-6-4-5-14(2)11-17)19-12-18(21-13-22-19)23-16-9-7-15(8-10-16)20(25)26/h4-13H,3H2,1-2H3,(H,25,26)(H,21,22,23). The second-order valence-corrected chi connectivity index (χ2v) is 5.85. The summed E-state index contributed by atoms with van der Waals surface area (Å²) in [5, 5.41) is 12.2. The van der Waals surface area contributed by atoms with E-state index in [0.29, 0.717) is 5.82 Å². The largest absolute Gasteiger partial charge is 0.478 e. The molecule has 1 aromatic heterocycles. The lowest BCUT2D eigenvalue weighted by Crippen LogP contribution is -2.17. The predicted octanol–water partition coefficient (Wildman–Crippen LogP) is 4.38. The molecule has 0 spiro atoms. The molecule has 0 fully saturated rings. The number of hydrogen-bond acceptors (Lipinski definition) is 5. The maximum Gasteiger partial charge on any atom is 0.335 e. The van der Waals surface area contributed by atoms with Gasteiger partial charge in [0.25, 0.3) is 0 Å². The van der Waals surface area contributed by atoms with E-state index in [0.717, 1.165) is 23.7 Å². The van der Waals surface area contributed by atoms with Crippen molar-refractivity contribution < 1.29 is 9.90 Å². The number of carboxylic acid groups (broad SMARTS) is 1. The Balaban J connectivity index is 1.84. The average molecular weight is 348 g/mol. The highest BCUT2D eigenvalue weighted by Crippen LogP contribution is 2.26. The number of aryl methyl sites for hydroxylation is 1. The van der Waals surface area contributed by atoms with Crippen molar-refractivity contribution in [3.8, 4) is 0 Å². The van der Waals surface area contributed by atoms with Crippen molar-refractivity contribution in [2.75, 3.05) is 16.8 Å². The number of aromatic carboxylic acids is 1. The zero-order valence-corrected chi connectivity index (χ0v) is 14.7. The average Bonchev–Trinajstić information content (AvgIpc) is 2.63. The quantitative estimate of drug-likeness (QED) is 0.688. The Bertz CT molecular complexity index is 910. The fourth-order valence-corrected chi connectivity index (χ4v) is 2.68. The third kappa shape index (κ3) is 3.97. The van der Waals surface area contributed by atoms with Crippen LogP contribution in [0.2, 0.25) is 0 Å². The number of aromatic nitrogens is 2. The monoisotopic (exact) mass is 348 g/mol. The van der Waals surface area contributed by atoms with Gasteiger partial charge in [0.2, 0.25) is 0 Å². The van der Waals surface area contributed by atoms with Crippen LogP contribution in [-0.4, -0.2) is 27.6 Å². The summed E-state index contributed by atoms with van der Waals surface area (Å²) in [6, 6.07) is 16.7. The molecule has 0 radical (unpaired) electrons. The van der Waals surface area contributed by atoms with Gasteiger partial charge in [-0.2, -0.15) is 0 Å². The fraction of sp³-hybridized carbons (Fsp3) is 0.150. The van der Waals surface area contributed by atoms with Gasteiger partial charge in [0, 0.05) is 24.0 Å². The molecule has 2 aromatic carbocycles. The molecule has 2 N–H and O–H groups in total. The lowest BCUT2D eigenvalue weighted by Gasteiger charge is -2.22. The van der Waals surface area contributed by atoms with Gasteiger partial charge in [-0.05, 0) is 55.8 Å². The van der Waals surface area contributed by atoms with Crippen LogP contribution >= 0.6 is 0 Å². The molecule has 6 nitrogen and oxygen atoms in total. The number of nitrogens with one attached hydrogen (secondary N) is 1. The van der Waals surface area contributed by atoms with Crippen molar-refractivity contribution in [2.45, 2.75) is 13.8 Å². The molecular weight excluding hydrogens is 328 g/mol. The molecule has 0 saturated heterocycles. The Morgan fingerprint density at radius 1 is 1.12 bits per heavy atom. The van der Waals surface area contributed by atoms with E-state index in [-0.39, 0.29) is 5.56 Å². The number of nitrogens with zero attached hydrogens (tertiary/aromatic N) is 3. The van der Waals surface area contributed by atoms with Gasteiger partial charge >= 0.3 is 5.97 Å². The molecule has 0 bridgehead atoms. The van der Waals surface area contributed by atoms with E-state index in [1.165, 1.54) is 11.9 Å². The lowest BCUT2D eigenvalue weighted by molar-refractivity contribution is 0.0697. The van der Waals surface area contributed by atoms with E-state index < -0.39 is 5.97 Å². The smallest absolute Gasteiger partial charge is 0.335 e. The molecule has 0 aliphatic carbocycles. The minimum absolute atomic E-state index is 0.246. The number of hydrogen-bond donors (Lipinski definition) is 2. The van der Waals surface area contributed by atoms with E-state index in [1.807, 2.05) is 12.1 Å². The Morgan fingerprint density at radius 2 is 1.88 bits per heavy atom. The van der Waals surface area contributed by atoms with Crippen molar-refractivity contribution >= 4 is 29.0 Å². The topological polar surface area (TPSA) is 78.4 Å². The fourth-order valence-electron chi connectivity index (χ4n) is 2.68. The van der Waals surface area contributed by atoms with Crippen LogP contribution in [0.15, 0.2) is 60.9 Å². The number of carboxylic acids is 1. The van der Waals surface area contributed by atoms with Gasteiger partial charge < -0.3 is 15.3 Å². The minimum atomic E-state index is -0.947. The number of rotatable bonds is 6. The molecule has 0 amide bonds. The molecule has 0 unspecified atom stereocenters. The second kappa shape index (κ2) is 7.65. The molecule has 3 aromatic rings. The van der Waals surface area contributed by atoms with Crippen molar-refractivity contribution in [1.29, 1.82) is 0 Å². The van der Waals surface area contributed by atoms with Gasteiger partial charge in [0.1, 0.15) is 18.0 Å². The summed E-state index contributed by atoms with van der Waals surface area (Å²) in [4.78, 5) is 21.7. The Labute approximate surface area is 152 Å². The highest BCUT2D eigenvalue weighted by Gasteiger charge is 2.10. The number of carbonyl (C=O) groups is 1. The van der Waals surface area contributed by atoms with Crippen LogP contribution in [0.4, 0.5) is 23.0 Å². The lowest BCUT2D eigenvalue weighted by atomic mass is 10.2. The normalized spacial score (nSPS) is 10.4. The summed E-state index contributed by atoms with van der Waals surface area (Å²) in [5.74, 6) is 0.486. The van der Waals surface area contributed by atoms with Crippen LogP contribution in [0.25, 0.3) is 0 Å². The molecule has 132 valence electrons. The maximum absolute atomic E-state index is 10.9. The Kier molecular flexibility index (Phi) is 5.12. The number of anilines is 4. The van der Waals surface area contributed by atoms with E-state index in [1.54, 1.807) is 24.3 Å². The number of benzene rings is 2. The summed E-state index contributed by atoms with van der Waals surface area (Å²) < 4.78 is 0. The van der Waals surface area contributed by atoms with Crippen molar-refractivity contribution in [2.24, 2.45) is 0 Å². The summed E-state index contributed by atoms with van der Waals surface area (Å²) in [5.41, 5.74) is 3.27. The summed E-state index contributed by atoms with van der Waals surface area (Å²) in [7, 11) is 0. The first-order chi connectivity index (χ1) is 12.6. The summed E-state index contributed by atoms with van der Waals surface area (Å²) >= 11 is 0. The molecule has 0 atom stereocenters. The highest BCUT2D eigenvalue weighted by molar-refractivity contribution is 5.88. The molecule has 26 heavy (non-hydrogen) atoms. The van der Waals surface area contributed by atoms with Crippen LogP contribution in [0.3, 0.4) is 0 Å². The molecule has 0 aliphatic heterocycles. The van der Waals surface area contributed by atoms with Gasteiger partial charge in [-0.25, -0.2) is 14.8 Å². The third-order valence-corrected chi connectivity index (χ3v) is 3.96. The first-order valence-electron chi connectivity index (χ1n) is 8.33. The molecule has 3 rings (SSSR count). The van der Waals surface area contributed by atoms with Gasteiger partial charge in [-0.1, -0.05) is 12.1 Å². The Morgan fingerprint density at radius 3 is 2.54 bits per heavy atom. The van der Waals surface area contributed by atoms with Crippen LogP contribution in [0.1, 0.15) is 22.8 Å². The van der Waals surface area contributed by atoms with Gasteiger partial charge in [0.05, 0.1) is 5.56 Å². The molecule has 0 aliphatic rings. The molecule has 0 saturated carbocycles. The van der Waals surface area contributed by atoms with Crippen molar-refractivity contribution in [3.05, 3.63) is 72.1 Å². The van der Waals surface area contributed by atoms with Crippen LogP contribution in [-0.2, 0) is 0 Å². The zero-order valence-electron chi connectivity index (χ0n) is 14.7. The van der Waals surface area contributed by atoms with E-state index in [9.17, 15) is 4.79 Å². The first kappa shape index (κ1) is 17.4. The highest BCUT2D eigenvalue weighted by atomic mass is 16.4. The van der Waals surface area contributed by atoms with Crippen LogP contribution < -0.4 is 10.2 Å². The van der Waals surface area contributed by atoms with E-state index in [4.69, 9.17) is 5.11 Å². The summed E-state index contributed by atoms with van der Waals surface area (Å²) in [6.45, 7) is 4.90. The van der Waals surface area contributed by atoms with Crippen LogP contribution in [0.5, 0.6) is 0 Å². The van der Waals surface area contributed by atoms with E-state index >= 15 is 0 Å².